The lowest BCUT2D eigenvalue weighted by Crippen LogP contribution is -2.14. The first-order valence-electron chi connectivity index (χ1n) is 9.92. The number of nitrogens with one attached hydrogen (secondary N) is 1. The average molecular weight is 509 g/mol. The van der Waals surface area contributed by atoms with Gasteiger partial charge in [0.25, 0.3) is 0 Å². The second-order valence-corrected chi connectivity index (χ2v) is 6.55. The number of rotatable bonds is 11. The maximum Gasteiger partial charge on any atom is 0.358 e. The highest BCUT2D eigenvalue weighted by molar-refractivity contribution is 5.99. The fourth-order valence-electron chi connectivity index (χ4n) is 2.19. The van der Waals surface area contributed by atoms with Crippen LogP contribution in [0.1, 0.15) is 11.1 Å². The summed E-state index contributed by atoms with van der Waals surface area (Å²) in [6, 6.07) is 12.6. The number of carboxylic acid groups (broad SMARTS) is 2. The largest absolute Gasteiger partial charge is 0.478 e. The van der Waals surface area contributed by atoms with Crippen molar-refractivity contribution in [1.82, 2.24) is 0 Å². The van der Waals surface area contributed by atoms with Crippen LogP contribution in [0.4, 0.5) is 11.4 Å². The van der Waals surface area contributed by atoms with Gasteiger partial charge in [-0.15, -0.1) is 5.11 Å². The van der Waals surface area contributed by atoms with Crippen LogP contribution in [-0.4, -0.2) is 45.8 Å². The summed E-state index contributed by atoms with van der Waals surface area (Å²) in [7, 11) is 0. The fraction of sp³-hybridized carbons (Fsp3) is 0. The number of benzene rings is 2. The minimum absolute atomic E-state index is 0.111. The van der Waals surface area contributed by atoms with Crippen LogP contribution in [0.5, 0.6) is 0 Å². The molecule has 0 bridgehead atoms. The first-order valence-corrected chi connectivity index (χ1v) is 9.92. The summed E-state index contributed by atoms with van der Waals surface area (Å²) in [5.74, 6) is -4.85. The molecular weight excluding hydrogens is 490 g/mol. The van der Waals surface area contributed by atoms with Crippen LogP contribution >= 0.6 is 0 Å². The van der Waals surface area contributed by atoms with Gasteiger partial charge in [-0.1, -0.05) is 15.5 Å². The van der Waals surface area contributed by atoms with Crippen molar-refractivity contribution in [2.45, 2.75) is 0 Å². The molecule has 0 saturated heterocycles. The van der Waals surface area contributed by atoms with E-state index in [-0.39, 0.29) is 11.7 Å². The van der Waals surface area contributed by atoms with E-state index in [4.69, 9.17) is 21.7 Å². The fourth-order valence-corrected chi connectivity index (χ4v) is 2.19. The zero-order valence-electron chi connectivity index (χ0n) is 18.7. The van der Waals surface area contributed by atoms with E-state index in [2.05, 4.69) is 35.7 Å². The maximum atomic E-state index is 11.3. The van der Waals surface area contributed by atoms with Crippen molar-refractivity contribution in [3.05, 3.63) is 84.0 Å². The molecule has 15 nitrogen and oxygen atoms in total. The number of carboxylic acids is 2. The maximum absolute atomic E-state index is 11.3. The van der Waals surface area contributed by atoms with Crippen LogP contribution in [-0.2, 0) is 28.9 Å². The molecule has 2 aromatic rings. The summed E-state index contributed by atoms with van der Waals surface area (Å²) in [6.07, 6.45) is 2.58. The van der Waals surface area contributed by atoms with E-state index < -0.39 is 23.9 Å². The Balaban J connectivity index is 1.89. The van der Waals surface area contributed by atoms with E-state index in [0.717, 1.165) is 0 Å². The molecule has 0 spiro atoms. The molecule has 15 heteroatoms. The number of carbonyl (C=O) groups is 4. The Bertz CT molecular complexity index is 1300. The van der Waals surface area contributed by atoms with Crippen molar-refractivity contribution < 1.29 is 39.1 Å². The van der Waals surface area contributed by atoms with Crippen LogP contribution in [0.3, 0.4) is 0 Å². The summed E-state index contributed by atoms with van der Waals surface area (Å²) in [5, 5.41) is 31.6. The Morgan fingerprint density at radius 2 is 1.14 bits per heavy atom. The number of nitrogens with two attached hydrogens (primary N) is 2. The average Bonchev–Trinajstić information content (AvgIpc) is 2.88. The van der Waals surface area contributed by atoms with Crippen molar-refractivity contribution in [3.8, 4) is 0 Å². The summed E-state index contributed by atoms with van der Waals surface area (Å²) >= 11 is 0. The van der Waals surface area contributed by atoms with Crippen molar-refractivity contribution in [1.29, 1.82) is 0 Å². The highest BCUT2D eigenvalue weighted by Crippen LogP contribution is 2.15. The number of aliphatic carboxylic acids is 2. The molecule has 190 valence electrons. The van der Waals surface area contributed by atoms with E-state index in [1.54, 1.807) is 48.5 Å². The first-order chi connectivity index (χ1) is 17.6. The molecule has 0 saturated carbocycles. The lowest BCUT2D eigenvalue weighted by atomic mass is 10.2. The zero-order valence-corrected chi connectivity index (χ0v) is 18.7. The van der Waals surface area contributed by atoms with Gasteiger partial charge in [0.1, 0.15) is 0 Å². The van der Waals surface area contributed by atoms with Gasteiger partial charge in [0.2, 0.25) is 0 Å². The van der Waals surface area contributed by atoms with E-state index in [1.165, 1.54) is 0 Å². The predicted octanol–water partition coefficient (Wildman–Crippen LogP) is 1.41. The third-order valence-corrected chi connectivity index (χ3v) is 3.88. The Morgan fingerprint density at radius 1 is 0.703 bits per heavy atom. The molecule has 0 amide bonds. The van der Waals surface area contributed by atoms with Crippen LogP contribution in [0, 0.1) is 0 Å². The van der Waals surface area contributed by atoms with Crippen molar-refractivity contribution >= 4 is 46.9 Å². The Kier molecular flexibility index (Phi) is 10.2. The van der Waals surface area contributed by atoms with Gasteiger partial charge in [0.15, 0.2) is 11.7 Å². The molecule has 0 unspecified atom stereocenters. The van der Waals surface area contributed by atoms with Gasteiger partial charge in [0.05, 0.1) is 11.4 Å². The number of amidine groups is 2. The molecule has 0 aliphatic carbocycles. The lowest BCUT2D eigenvalue weighted by molar-refractivity contribution is -0.139. The molecule has 0 aromatic heterocycles. The molecule has 2 rings (SSSR count). The number of hydrogen-bond acceptors (Lipinski definition) is 10. The number of nitrogens with zero attached hydrogens (tertiary/aromatic N) is 4. The van der Waals surface area contributed by atoms with Crippen LogP contribution in [0.15, 0.2) is 93.5 Å². The van der Waals surface area contributed by atoms with Gasteiger partial charge < -0.3 is 31.4 Å². The molecule has 0 aliphatic heterocycles. The number of hydrogen-bond donors (Lipinski definition) is 5. The molecule has 7 N–H and O–H groups in total. The Morgan fingerprint density at radius 3 is 1.57 bits per heavy atom. The number of anilines is 1. The van der Waals surface area contributed by atoms with E-state index in [9.17, 15) is 19.2 Å². The minimum Gasteiger partial charge on any atom is -0.478 e. The van der Waals surface area contributed by atoms with Crippen molar-refractivity contribution in [3.63, 3.8) is 0 Å². The van der Waals surface area contributed by atoms with Crippen LogP contribution in [0.2, 0.25) is 0 Å². The highest BCUT2D eigenvalue weighted by Gasteiger charge is 2.04. The SMILES string of the molecule is N/C(=N\OC(=O)/C=C/C(=O)O)c1ccc(N=NNc2ccc(/C(N)=N/OC(=O)/C=C/C(=O)O)cc2)cc1. The molecule has 2 aromatic carbocycles. The third kappa shape index (κ3) is 10.3. The van der Waals surface area contributed by atoms with E-state index >= 15 is 0 Å². The highest BCUT2D eigenvalue weighted by atomic mass is 16.7. The zero-order chi connectivity index (χ0) is 27.2. The molecule has 0 heterocycles. The van der Waals surface area contributed by atoms with Crippen molar-refractivity contribution in [2.75, 3.05) is 5.43 Å². The summed E-state index contributed by atoms with van der Waals surface area (Å²) in [4.78, 5) is 52.3. The second kappa shape index (κ2) is 13.8. The third-order valence-electron chi connectivity index (χ3n) is 3.88. The number of carbonyl (C=O) groups excluding carboxylic acids is 2. The summed E-state index contributed by atoms with van der Waals surface area (Å²) in [5.41, 5.74) is 16.0. The summed E-state index contributed by atoms with van der Waals surface area (Å²) < 4.78 is 0. The lowest BCUT2D eigenvalue weighted by Gasteiger charge is -2.03. The monoisotopic (exact) mass is 509 g/mol. The van der Waals surface area contributed by atoms with Gasteiger partial charge in [-0.25, -0.2) is 19.2 Å². The second-order valence-electron chi connectivity index (χ2n) is 6.55. The molecule has 0 fully saturated rings. The molecule has 37 heavy (non-hydrogen) atoms. The van der Waals surface area contributed by atoms with Gasteiger partial charge in [-0.2, -0.15) is 0 Å². The minimum atomic E-state index is -1.31. The first kappa shape index (κ1) is 27.4. The van der Waals surface area contributed by atoms with Crippen LogP contribution in [0.25, 0.3) is 0 Å². The Hall–Kier alpha value is -5.86. The van der Waals surface area contributed by atoms with Gasteiger partial charge in [-0.3, -0.25) is 5.43 Å². The topological polar surface area (TPSA) is 241 Å². The van der Waals surface area contributed by atoms with E-state index in [1.807, 2.05) is 0 Å². The predicted molar refractivity (Wildman–Crippen MR) is 128 cm³/mol. The molecule has 0 atom stereocenters. The van der Waals surface area contributed by atoms with Crippen molar-refractivity contribution in [2.24, 2.45) is 32.1 Å². The van der Waals surface area contributed by atoms with Crippen LogP contribution < -0.4 is 16.9 Å². The smallest absolute Gasteiger partial charge is 0.358 e. The van der Waals surface area contributed by atoms with Gasteiger partial charge in [-0.05, 0) is 48.5 Å². The van der Waals surface area contributed by atoms with E-state index in [0.29, 0.717) is 46.8 Å². The molecular formula is C22H19N7O8. The van der Waals surface area contributed by atoms with Gasteiger partial charge >= 0.3 is 23.9 Å². The standard InChI is InChI=1S/C22H19N7O8/c23-21(27-36-19(34)11-9-17(30)31)13-1-5-15(6-2-13)25-29-26-16-7-3-14(4-8-16)22(24)28-37-20(35)12-10-18(32)33/h1-12H,(H2,23,27)(H2,24,28)(H,25,26)(H,30,31)(H,32,33)/b11-9+,12-10+. The molecule has 0 aliphatic rings. The quantitative estimate of drug-likeness (QED) is 0.0724. The number of oxime groups is 2. The van der Waals surface area contributed by atoms with Gasteiger partial charge in [0, 0.05) is 35.4 Å². The summed E-state index contributed by atoms with van der Waals surface area (Å²) in [6.45, 7) is 0. The Labute approximate surface area is 208 Å². The normalized spacial score (nSPS) is 12.1. The molecule has 0 radical (unpaired) electrons.